The van der Waals surface area contributed by atoms with Gasteiger partial charge in [-0.1, -0.05) is 22.0 Å². The van der Waals surface area contributed by atoms with Gasteiger partial charge in [-0.25, -0.2) is 4.79 Å². The lowest BCUT2D eigenvalue weighted by Gasteiger charge is -2.06. The fourth-order valence-electron chi connectivity index (χ4n) is 1.46. The molecule has 0 saturated heterocycles. The van der Waals surface area contributed by atoms with Crippen molar-refractivity contribution >= 4 is 21.9 Å². The number of aromatic carboxylic acids is 1. The number of ether oxygens (including phenoxy) is 1. The Kier molecular flexibility index (Phi) is 3.66. The van der Waals surface area contributed by atoms with Crippen LogP contribution in [0.25, 0.3) is 0 Å². The van der Waals surface area contributed by atoms with Gasteiger partial charge in [0.15, 0.2) is 5.69 Å². The molecule has 2 aromatic rings. The lowest BCUT2D eigenvalue weighted by atomic mass is 10.3. The van der Waals surface area contributed by atoms with E-state index in [0.717, 1.165) is 4.47 Å². The van der Waals surface area contributed by atoms with Gasteiger partial charge in [0, 0.05) is 11.5 Å². The predicted octanol–water partition coefficient (Wildman–Crippen LogP) is 2.46. The molecule has 6 heteroatoms. The van der Waals surface area contributed by atoms with Crippen molar-refractivity contribution < 1.29 is 14.6 Å². The van der Waals surface area contributed by atoms with Crippen molar-refractivity contribution in [3.05, 3.63) is 46.2 Å². The number of aryl methyl sites for hydroxylation is 1. The van der Waals surface area contributed by atoms with Crippen LogP contribution in [-0.2, 0) is 13.7 Å². The van der Waals surface area contributed by atoms with Crippen molar-refractivity contribution in [2.24, 2.45) is 7.05 Å². The number of carboxylic acid groups (broad SMARTS) is 1. The molecule has 0 aliphatic heterocycles. The molecular weight excluding hydrogens is 300 g/mol. The Balaban J connectivity index is 2.08. The van der Waals surface area contributed by atoms with Gasteiger partial charge in [0.25, 0.3) is 0 Å². The highest BCUT2D eigenvalue weighted by atomic mass is 79.9. The third-order valence-electron chi connectivity index (χ3n) is 2.38. The maximum absolute atomic E-state index is 10.8. The quantitative estimate of drug-likeness (QED) is 0.942. The van der Waals surface area contributed by atoms with E-state index in [0.29, 0.717) is 11.4 Å². The van der Waals surface area contributed by atoms with E-state index < -0.39 is 5.97 Å². The summed E-state index contributed by atoms with van der Waals surface area (Å²) in [5.74, 6) is -0.332. The van der Waals surface area contributed by atoms with Crippen LogP contribution in [0.4, 0.5) is 0 Å². The molecule has 0 spiro atoms. The van der Waals surface area contributed by atoms with Gasteiger partial charge >= 0.3 is 5.97 Å². The standard InChI is InChI=1S/C12H11BrN2O3/c1-15-9(6-11(14-15)12(16)17)7-18-10-4-2-3-8(13)5-10/h2-6H,7H2,1H3,(H,16,17). The number of hydrogen-bond acceptors (Lipinski definition) is 3. The van der Waals surface area contributed by atoms with Crippen LogP contribution in [0.1, 0.15) is 16.2 Å². The van der Waals surface area contributed by atoms with Crippen molar-refractivity contribution in [3.63, 3.8) is 0 Å². The van der Waals surface area contributed by atoms with Crippen molar-refractivity contribution in [1.82, 2.24) is 9.78 Å². The Morgan fingerprint density at radius 3 is 2.89 bits per heavy atom. The predicted molar refractivity (Wildman–Crippen MR) is 68.6 cm³/mol. The van der Waals surface area contributed by atoms with Crippen molar-refractivity contribution in [3.8, 4) is 5.75 Å². The molecule has 0 fully saturated rings. The summed E-state index contributed by atoms with van der Waals surface area (Å²) in [5, 5.41) is 12.7. The molecule has 18 heavy (non-hydrogen) atoms. The third-order valence-corrected chi connectivity index (χ3v) is 2.87. The molecule has 1 N–H and O–H groups in total. The Hall–Kier alpha value is -1.82. The first kappa shape index (κ1) is 12.6. The zero-order valence-corrected chi connectivity index (χ0v) is 11.2. The normalized spacial score (nSPS) is 10.3. The summed E-state index contributed by atoms with van der Waals surface area (Å²) in [6.07, 6.45) is 0. The first-order valence-electron chi connectivity index (χ1n) is 5.21. The number of carbonyl (C=O) groups is 1. The number of benzene rings is 1. The number of rotatable bonds is 4. The molecule has 0 unspecified atom stereocenters. The van der Waals surface area contributed by atoms with Gasteiger partial charge in [-0.3, -0.25) is 4.68 Å². The molecule has 1 heterocycles. The van der Waals surface area contributed by atoms with Crippen LogP contribution in [0.15, 0.2) is 34.8 Å². The summed E-state index contributed by atoms with van der Waals surface area (Å²) in [6, 6.07) is 8.94. The molecule has 0 atom stereocenters. The maximum atomic E-state index is 10.8. The van der Waals surface area contributed by atoms with E-state index >= 15 is 0 Å². The fraction of sp³-hybridized carbons (Fsp3) is 0.167. The van der Waals surface area contributed by atoms with E-state index in [4.69, 9.17) is 9.84 Å². The van der Waals surface area contributed by atoms with E-state index in [1.165, 1.54) is 10.7 Å². The largest absolute Gasteiger partial charge is 0.487 e. The summed E-state index contributed by atoms with van der Waals surface area (Å²) in [6.45, 7) is 0.271. The molecule has 0 aliphatic carbocycles. The molecule has 0 saturated carbocycles. The molecular formula is C12H11BrN2O3. The van der Waals surface area contributed by atoms with Gasteiger partial charge in [-0.15, -0.1) is 0 Å². The van der Waals surface area contributed by atoms with Crippen molar-refractivity contribution in [2.45, 2.75) is 6.61 Å². The first-order chi connectivity index (χ1) is 8.56. The smallest absolute Gasteiger partial charge is 0.356 e. The highest BCUT2D eigenvalue weighted by Gasteiger charge is 2.11. The van der Waals surface area contributed by atoms with Crippen LogP contribution in [-0.4, -0.2) is 20.9 Å². The summed E-state index contributed by atoms with van der Waals surface area (Å²) >= 11 is 3.35. The maximum Gasteiger partial charge on any atom is 0.356 e. The lowest BCUT2D eigenvalue weighted by Crippen LogP contribution is -2.03. The third kappa shape index (κ3) is 2.89. The minimum absolute atomic E-state index is 0.0188. The fourth-order valence-corrected chi connectivity index (χ4v) is 1.84. The minimum Gasteiger partial charge on any atom is -0.487 e. The Bertz CT molecular complexity index is 580. The van der Waals surface area contributed by atoms with E-state index in [1.807, 2.05) is 24.3 Å². The van der Waals surface area contributed by atoms with E-state index in [-0.39, 0.29) is 12.3 Å². The molecule has 94 valence electrons. The van der Waals surface area contributed by atoms with E-state index in [1.54, 1.807) is 7.05 Å². The zero-order chi connectivity index (χ0) is 13.1. The molecule has 0 radical (unpaired) electrons. The lowest BCUT2D eigenvalue weighted by molar-refractivity contribution is 0.0689. The van der Waals surface area contributed by atoms with E-state index in [2.05, 4.69) is 21.0 Å². The van der Waals surface area contributed by atoms with E-state index in [9.17, 15) is 4.79 Å². The molecule has 1 aromatic carbocycles. The van der Waals surface area contributed by atoms with Crippen LogP contribution >= 0.6 is 15.9 Å². The Morgan fingerprint density at radius 1 is 1.50 bits per heavy atom. The van der Waals surface area contributed by atoms with Crippen LogP contribution in [0.3, 0.4) is 0 Å². The highest BCUT2D eigenvalue weighted by molar-refractivity contribution is 9.10. The summed E-state index contributed by atoms with van der Waals surface area (Å²) in [4.78, 5) is 10.8. The molecule has 2 rings (SSSR count). The average molecular weight is 311 g/mol. The Labute approximate surface area is 112 Å². The van der Waals surface area contributed by atoms with Crippen LogP contribution < -0.4 is 4.74 Å². The van der Waals surface area contributed by atoms with Crippen molar-refractivity contribution in [1.29, 1.82) is 0 Å². The summed E-state index contributed by atoms with van der Waals surface area (Å²) < 4.78 is 7.99. The van der Waals surface area contributed by atoms with Gasteiger partial charge in [-0.05, 0) is 24.3 Å². The monoisotopic (exact) mass is 310 g/mol. The van der Waals surface area contributed by atoms with Gasteiger partial charge in [-0.2, -0.15) is 5.10 Å². The summed E-state index contributed by atoms with van der Waals surface area (Å²) in [5.41, 5.74) is 0.720. The number of aromatic nitrogens is 2. The number of carboxylic acids is 1. The number of hydrogen-bond donors (Lipinski definition) is 1. The highest BCUT2D eigenvalue weighted by Crippen LogP contribution is 2.19. The average Bonchev–Trinajstić information content (AvgIpc) is 2.68. The van der Waals surface area contributed by atoms with Gasteiger partial charge in [0.1, 0.15) is 12.4 Å². The minimum atomic E-state index is -1.04. The van der Waals surface area contributed by atoms with Crippen LogP contribution in [0.2, 0.25) is 0 Å². The number of nitrogens with zero attached hydrogens (tertiary/aromatic N) is 2. The summed E-state index contributed by atoms with van der Waals surface area (Å²) in [7, 11) is 1.69. The second-order valence-corrected chi connectivity index (χ2v) is 4.61. The molecule has 0 bridgehead atoms. The topological polar surface area (TPSA) is 64.4 Å². The van der Waals surface area contributed by atoms with Gasteiger partial charge in [0.2, 0.25) is 0 Å². The van der Waals surface area contributed by atoms with Gasteiger partial charge < -0.3 is 9.84 Å². The molecule has 1 aromatic heterocycles. The zero-order valence-electron chi connectivity index (χ0n) is 9.63. The SMILES string of the molecule is Cn1nc(C(=O)O)cc1COc1cccc(Br)c1. The number of halogens is 1. The molecule has 5 nitrogen and oxygen atoms in total. The molecule has 0 aliphatic rings. The van der Waals surface area contributed by atoms with Crippen LogP contribution in [0, 0.1) is 0 Å². The Morgan fingerprint density at radius 2 is 2.28 bits per heavy atom. The van der Waals surface area contributed by atoms with Crippen molar-refractivity contribution in [2.75, 3.05) is 0 Å². The first-order valence-corrected chi connectivity index (χ1v) is 6.00. The second-order valence-electron chi connectivity index (χ2n) is 3.70. The molecule has 0 amide bonds. The van der Waals surface area contributed by atoms with Crippen LogP contribution in [0.5, 0.6) is 5.75 Å². The second kappa shape index (κ2) is 5.22. The van der Waals surface area contributed by atoms with Gasteiger partial charge in [0.05, 0.1) is 5.69 Å².